The molecular weight excluding hydrogens is 284 g/mol. The molecule has 0 fully saturated rings. The summed E-state index contributed by atoms with van der Waals surface area (Å²) in [6, 6.07) is 5.75. The van der Waals surface area contributed by atoms with E-state index in [1.165, 1.54) is 6.20 Å². The summed E-state index contributed by atoms with van der Waals surface area (Å²) in [4.78, 5) is 11.9. The maximum absolute atomic E-state index is 11.9. The molecule has 1 aromatic heterocycles. The Hall–Kier alpha value is -1.62. The van der Waals surface area contributed by atoms with Gasteiger partial charge < -0.3 is 9.84 Å². The van der Waals surface area contributed by atoms with E-state index in [1.807, 2.05) is 25.1 Å². The van der Waals surface area contributed by atoms with Crippen LogP contribution >= 0.6 is 15.9 Å². The number of nitrogens with zero attached hydrogens (tertiary/aromatic N) is 1. The molecule has 0 radical (unpaired) electrons. The SMILES string of the molecule is Cc1ccc(Br)c(NC(=O)c2cnoc2C)c1. The first-order valence-corrected chi connectivity index (χ1v) is 5.86. The Morgan fingerprint density at radius 3 is 2.82 bits per heavy atom. The predicted octanol–water partition coefficient (Wildman–Crippen LogP) is 3.31. The van der Waals surface area contributed by atoms with Crippen LogP contribution in [0, 0.1) is 13.8 Å². The minimum absolute atomic E-state index is 0.227. The second kappa shape index (κ2) is 4.71. The molecule has 4 nitrogen and oxygen atoms in total. The first-order chi connectivity index (χ1) is 8.08. The Bertz CT molecular complexity index is 563. The van der Waals surface area contributed by atoms with Gasteiger partial charge in [-0.3, -0.25) is 4.79 Å². The largest absolute Gasteiger partial charge is 0.361 e. The fraction of sp³-hybridized carbons (Fsp3) is 0.167. The van der Waals surface area contributed by atoms with Crippen LogP contribution in [0.25, 0.3) is 0 Å². The van der Waals surface area contributed by atoms with Crippen molar-refractivity contribution in [3.63, 3.8) is 0 Å². The molecule has 1 heterocycles. The summed E-state index contributed by atoms with van der Waals surface area (Å²) in [6.07, 6.45) is 1.41. The number of nitrogens with one attached hydrogen (secondary N) is 1. The van der Waals surface area contributed by atoms with Crippen LogP contribution in [-0.2, 0) is 0 Å². The van der Waals surface area contributed by atoms with Crippen molar-refractivity contribution in [1.29, 1.82) is 0 Å². The lowest BCUT2D eigenvalue weighted by Gasteiger charge is -2.07. The van der Waals surface area contributed by atoms with Gasteiger partial charge in [0.25, 0.3) is 5.91 Å². The lowest BCUT2D eigenvalue weighted by Crippen LogP contribution is -2.12. The first kappa shape index (κ1) is 11.9. The first-order valence-electron chi connectivity index (χ1n) is 5.06. The smallest absolute Gasteiger partial charge is 0.260 e. The number of anilines is 1. The zero-order valence-electron chi connectivity index (χ0n) is 9.45. The minimum atomic E-state index is -0.227. The highest BCUT2D eigenvalue weighted by Crippen LogP contribution is 2.24. The van der Waals surface area contributed by atoms with Crippen LogP contribution in [0.2, 0.25) is 0 Å². The van der Waals surface area contributed by atoms with Gasteiger partial charge in [-0.2, -0.15) is 0 Å². The summed E-state index contributed by atoms with van der Waals surface area (Å²) in [6.45, 7) is 3.67. The van der Waals surface area contributed by atoms with E-state index in [1.54, 1.807) is 6.92 Å². The van der Waals surface area contributed by atoms with Gasteiger partial charge in [0.2, 0.25) is 0 Å². The molecule has 1 N–H and O–H groups in total. The lowest BCUT2D eigenvalue weighted by molar-refractivity contribution is 0.102. The maximum atomic E-state index is 11.9. The van der Waals surface area contributed by atoms with E-state index in [9.17, 15) is 4.79 Å². The highest BCUT2D eigenvalue weighted by molar-refractivity contribution is 9.10. The van der Waals surface area contributed by atoms with E-state index in [4.69, 9.17) is 4.52 Å². The van der Waals surface area contributed by atoms with Crippen LogP contribution in [-0.4, -0.2) is 11.1 Å². The van der Waals surface area contributed by atoms with Crippen LogP contribution in [0.4, 0.5) is 5.69 Å². The predicted molar refractivity (Wildman–Crippen MR) is 68.1 cm³/mol. The van der Waals surface area contributed by atoms with Crippen molar-refractivity contribution in [2.75, 3.05) is 5.32 Å². The molecule has 0 aliphatic rings. The summed E-state index contributed by atoms with van der Waals surface area (Å²) in [7, 11) is 0. The number of carbonyl (C=O) groups is 1. The zero-order valence-corrected chi connectivity index (χ0v) is 11.0. The van der Waals surface area contributed by atoms with Gasteiger partial charge in [-0.05, 0) is 47.5 Å². The third kappa shape index (κ3) is 2.55. The number of aryl methyl sites for hydroxylation is 2. The average molecular weight is 295 g/mol. The Labute approximate surface area is 107 Å². The van der Waals surface area contributed by atoms with Gasteiger partial charge >= 0.3 is 0 Å². The topological polar surface area (TPSA) is 55.1 Å². The van der Waals surface area contributed by atoms with Crippen LogP contribution in [0.3, 0.4) is 0 Å². The number of amides is 1. The van der Waals surface area contributed by atoms with E-state index in [2.05, 4.69) is 26.4 Å². The molecular formula is C12H11BrN2O2. The van der Waals surface area contributed by atoms with Gasteiger partial charge in [0.1, 0.15) is 11.3 Å². The Kier molecular flexibility index (Phi) is 3.28. The van der Waals surface area contributed by atoms with E-state index < -0.39 is 0 Å². The van der Waals surface area contributed by atoms with Gasteiger partial charge in [0, 0.05) is 4.47 Å². The number of hydrogen-bond acceptors (Lipinski definition) is 3. The van der Waals surface area contributed by atoms with Gasteiger partial charge in [-0.1, -0.05) is 11.2 Å². The molecule has 17 heavy (non-hydrogen) atoms. The second-order valence-electron chi connectivity index (χ2n) is 3.73. The molecule has 88 valence electrons. The Morgan fingerprint density at radius 1 is 1.41 bits per heavy atom. The molecule has 0 spiro atoms. The molecule has 0 saturated heterocycles. The molecule has 0 atom stereocenters. The fourth-order valence-electron chi connectivity index (χ4n) is 1.44. The summed E-state index contributed by atoms with van der Waals surface area (Å²) >= 11 is 3.39. The molecule has 2 rings (SSSR count). The second-order valence-corrected chi connectivity index (χ2v) is 4.59. The number of carbonyl (C=O) groups excluding carboxylic acids is 1. The zero-order chi connectivity index (χ0) is 12.4. The van der Waals surface area contributed by atoms with E-state index in [-0.39, 0.29) is 5.91 Å². The number of hydrogen-bond donors (Lipinski definition) is 1. The summed E-state index contributed by atoms with van der Waals surface area (Å²) in [5, 5.41) is 6.39. The number of aromatic nitrogens is 1. The third-order valence-electron chi connectivity index (χ3n) is 2.37. The van der Waals surface area contributed by atoms with Crippen molar-refractivity contribution in [1.82, 2.24) is 5.16 Å². The van der Waals surface area contributed by atoms with Crippen LogP contribution < -0.4 is 5.32 Å². The standard InChI is InChI=1S/C12H11BrN2O2/c1-7-3-4-10(13)11(5-7)15-12(16)9-6-14-17-8(9)2/h3-6H,1-2H3,(H,15,16). The molecule has 0 saturated carbocycles. The quantitative estimate of drug-likeness (QED) is 0.924. The molecule has 0 aliphatic carbocycles. The molecule has 0 aliphatic heterocycles. The van der Waals surface area contributed by atoms with Crippen LogP contribution in [0.5, 0.6) is 0 Å². The molecule has 0 bridgehead atoms. The van der Waals surface area contributed by atoms with Crippen molar-refractivity contribution in [2.45, 2.75) is 13.8 Å². The monoisotopic (exact) mass is 294 g/mol. The number of halogens is 1. The normalized spacial score (nSPS) is 10.3. The van der Waals surface area contributed by atoms with Crippen molar-refractivity contribution in [2.24, 2.45) is 0 Å². The summed E-state index contributed by atoms with van der Waals surface area (Å²) in [5.74, 6) is 0.279. The lowest BCUT2D eigenvalue weighted by atomic mass is 10.2. The third-order valence-corrected chi connectivity index (χ3v) is 3.06. The number of rotatable bonds is 2. The van der Waals surface area contributed by atoms with Gasteiger partial charge in [0.15, 0.2) is 0 Å². The van der Waals surface area contributed by atoms with E-state index >= 15 is 0 Å². The highest BCUT2D eigenvalue weighted by atomic mass is 79.9. The number of benzene rings is 1. The van der Waals surface area contributed by atoms with Gasteiger partial charge in [0.05, 0.1) is 11.9 Å². The average Bonchev–Trinajstić information content (AvgIpc) is 2.70. The van der Waals surface area contributed by atoms with E-state index in [0.29, 0.717) is 11.3 Å². The Balaban J connectivity index is 2.24. The van der Waals surface area contributed by atoms with Crippen LogP contribution in [0.1, 0.15) is 21.7 Å². The van der Waals surface area contributed by atoms with Crippen molar-refractivity contribution in [3.8, 4) is 0 Å². The van der Waals surface area contributed by atoms with Gasteiger partial charge in [-0.25, -0.2) is 0 Å². The summed E-state index contributed by atoms with van der Waals surface area (Å²) in [5.41, 5.74) is 2.25. The van der Waals surface area contributed by atoms with Crippen LogP contribution in [0.15, 0.2) is 33.4 Å². The Morgan fingerprint density at radius 2 is 2.18 bits per heavy atom. The van der Waals surface area contributed by atoms with Crippen molar-refractivity contribution < 1.29 is 9.32 Å². The molecule has 1 amide bonds. The van der Waals surface area contributed by atoms with Gasteiger partial charge in [-0.15, -0.1) is 0 Å². The molecule has 0 unspecified atom stereocenters. The minimum Gasteiger partial charge on any atom is -0.361 e. The fourth-order valence-corrected chi connectivity index (χ4v) is 1.79. The van der Waals surface area contributed by atoms with Crippen molar-refractivity contribution >= 4 is 27.5 Å². The van der Waals surface area contributed by atoms with Crippen molar-refractivity contribution in [3.05, 3.63) is 45.8 Å². The molecule has 1 aromatic carbocycles. The molecule has 5 heteroatoms. The van der Waals surface area contributed by atoms with E-state index in [0.717, 1.165) is 15.7 Å². The highest BCUT2D eigenvalue weighted by Gasteiger charge is 2.14. The summed E-state index contributed by atoms with van der Waals surface area (Å²) < 4.78 is 5.69. The maximum Gasteiger partial charge on any atom is 0.260 e. The molecule has 2 aromatic rings.